The molecular weight excluding hydrogens is 1340 g/mol. The molecule has 24 heteroatoms. The van der Waals surface area contributed by atoms with Crippen molar-refractivity contribution >= 4 is 96.4 Å². The predicted molar refractivity (Wildman–Crippen MR) is 404 cm³/mol. The van der Waals surface area contributed by atoms with Crippen molar-refractivity contribution in [1.29, 1.82) is 0 Å². The Hall–Kier alpha value is -10.0. The predicted octanol–water partition coefficient (Wildman–Crippen LogP) is 11.1. The molecule has 105 heavy (non-hydrogen) atoms. The fourth-order valence-corrected chi connectivity index (χ4v) is 15.9. The zero-order chi connectivity index (χ0) is 74.7. The second-order valence-electron chi connectivity index (χ2n) is 28.5. The van der Waals surface area contributed by atoms with Gasteiger partial charge in [0.1, 0.15) is 34.7 Å². The first kappa shape index (κ1) is 77.6. The number of methoxy groups -OCH3 is 3. The van der Waals surface area contributed by atoms with Crippen LogP contribution in [0, 0.1) is 17.8 Å². The number of esters is 3. The Morgan fingerprint density at radius 2 is 0.771 bits per heavy atom. The van der Waals surface area contributed by atoms with Gasteiger partial charge in [-0.2, -0.15) is 0 Å². The third kappa shape index (κ3) is 19.9. The number of nitrogen functional groups attached to an aromatic ring is 2. The number of aromatic hydroxyl groups is 2. The molecular formula is C81H100N10O14. The zero-order valence-electron chi connectivity index (χ0n) is 60.2. The topological polar surface area (TPSA) is 366 Å². The van der Waals surface area contributed by atoms with E-state index in [1.165, 1.54) is 136 Å². The fraction of sp³-hybridized carbons (Fsp3) is 0.444. The number of fused-ring (bicyclic) bond motifs is 4. The minimum absolute atomic E-state index is 0.100. The van der Waals surface area contributed by atoms with Gasteiger partial charge < -0.3 is 62.5 Å². The quantitative estimate of drug-likeness (QED) is 0.0261. The maximum atomic E-state index is 13.0. The van der Waals surface area contributed by atoms with Crippen molar-refractivity contribution in [2.24, 2.45) is 23.5 Å². The van der Waals surface area contributed by atoms with E-state index in [2.05, 4.69) is 35.3 Å². The minimum atomic E-state index is -1.16. The van der Waals surface area contributed by atoms with Crippen molar-refractivity contribution in [2.75, 3.05) is 72.1 Å². The molecule has 24 nitrogen and oxygen atoms in total. The number of anilines is 2. The number of hydrogen-bond donors (Lipinski definition) is 9. The summed E-state index contributed by atoms with van der Waals surface area (Å²) in [7, 11) is 4.31. The van der Waals surface area contributed by atoms with E-state index in [1.807, 2.05) is 60.7 Å². The van der Waals surface area contributed by atoms with E-state index >= 15 is 0 Å². The van der Waals surface area contributed by atoms with Gasteiger partial charge in [0.15, 0.2) is 11.5 Å². The average Bonchev–Trinajstić information content (AvgIpc) is 1.39. The lowest BCUT2D eigenvalue weighted by Gasteiger charge is -2.29. The van der Waals surface area contributed by atoms with E-state index in [0.29, 0.717) is 65.7 Å². The average molecular weight is 1440 g/mol. The summed E-state index contributed by atoms with van der Waals surface area (Å²) >= 11 is 0. The molecule has 558 valence electrons. The molecule has 0 radical (unpaired) electrons. The lowest BCUT2D eigenvalue weighted by atomic mass is 9.89. The minimum Gasteiger partial charge on any atom is -0.505 e. The molecule has 0 bridgehead atoms. The first-order chi connectivity index (χ1) is 50.7. The van der Waals surface area contributed by atoms with Gasteiger partial charge >= 0.3 is 29.8 Å². The number of ether oxygens (including phenoxy) is 3. The number of phenols is 2. The third-order valence-corrected chi connectivity index (χ3v) is 21.4. The zero-order valence-corrected chi connectivity index (χ0v) is 60.2. The molecule has 14 rings (SSSR count). The van der Waals surface area contributed by atoms with Gasteiger partial charge in [-0.15, -0.1) is 0 Å². The number of nitrogens with zero attached hydrogens (tertiary/aromatic N) is 5. The van der Waals surface area contributed by atoms with Crippen LogP contribution < -0.4 is 27.8 Å². The van der Waals surface area contributed by atoms with E-state index in [-0.39, 0.29) is 94.2 Å². The normalized spacial score (nSPS) is 20.9. The molecule has 6 aromatic carbocycles. The molecule has 0 unspecified atom stereocenters. The summed E-state index contributed by atoms with van der Waals surface area (Å²) in [6.07, 6.45) is 24.0. The number of nitrogens with two attached hydrogens (primary N) is 3. The Bertz CT molecular complexity index is 4100. The third-order valence-electron chi connectivity index (χ3n) is 21.4. The number of rotatable bonds is 15. The highest BCUT2D eigenvalue weighted by atomic mass is 16.5. The lowest BCUT2D eigenvalue weighted by molar-refractivity contribution is -0.146. The number of phenolic OH excluding ortho intramolecular Hbond substituents is 1. The van der Waals surface area contributed by atoms with Gasteiger partial charge in [0.05, 0.1) is 49.4 Å². The summed E-state index contributed by atoms with van der Waals surface area (Å²) < 4.78 is 14.9. The Morgan fingerprint density at radius 3 is 1.20 bits per heavy atom. The number of amides is 2. The van der Waals surface area contributed by atoms with Crippen LogP contribution in [0.5, 0.6) is 11.5 Å². The molecule has 3 saturated heterocycles. The van der Waals surface area contributed by atoms with Gasteiger partial charge in [-0.25, -0.2) is 9.59 Å². The Balaban J connectivity index is 0.000000147. The molecule has 2 amide bonds. The highest BCUT2D eigenvalue weighted by molar-refractivity contribution is 6.08. The van der Waals surface area contributed by atoms with Gasteiger partial charge in [-0.3, -0.25) is 48.6 Å². The number of benzene rings is 6. The number of carboxylic acids is 2. The van der Waals surface area contributed by atoms with Crippen LogP contribution in [0.25, 0.3) is 43.4 Å². The van der Waals surface area contributed by atoms with Crippen LogP contribution in [0.1, 0.15) is 157 Å². The maximum absolute atomic E-state index is 13.0. The van der Waals surface area contributed by atoms with Crippen LogP contribution in [0.2, 0.25) is 0 Å². The fourth-order valence-electron chi connectivity index (χ4n) is 15.9. The highest BCUT2D eigenvalue weighted by Crippen LogP contribution is 2.35. The van der Waals surface area contributed by atoms with Crippen LogP contribution in [0.15, 0.2) is 134 Å². The lowest BCUT2D eigenvalue weighted by Crippen LogP contribution is -2.41. The van der Waals surface area contributed by atoms with Gasteiger partial charge in [-0.1, -0.05) is 143 Å². The highest BCUT2D eigenvalue weighted by Gasteiger charge is 2.42. The number of nitrogens with one attached hydrogen (secondary N) is 2. The second kappa shape index (κ2) is 37.1. The SMILES string of the molecule is COC(=O)[C@@H]1C[C@H](N)CN1CC1CCCCC1.COC(=O)[C@@H]1C[C@H](NC(=O)c2ccc3ccccc3c2N)CN1CC1CCCCC1.COC(=O)[C@@H]1C[C@H](NC(=O)c2ccc3cccnc3c2O)CN1CC1CCCCC1.Nc1c(C(=O)O)ccc2ccccc12.O=C(O)c1ccc2cccnc2c1O. The number of likely N-dealkylation sites (tertiary alicyclic amines) is 3. The molecule has 3 aliphatic heterocycles. The summed E-state index contributed by atoms with van der Waals surface area (Å²) in [5.41, 5.74) is 20.2. The molecule has 3 saturated carbocycles. The van der Waals surface area contributed by atoms with Crippen LogP contribution >= 0.6 is 0 Å². The van der Waals surface area contributed by atoms with E-state index in [9.17, 15) is 43.8 Å². The molecule has 6 atom stereocenters. The standard InChI is InChI=1S/C24H31N3O3.C23H29N3O4.C13H24N2O2.C11H9NO2.C10H7NO3/c1-30-24(29)21-13-18(15-27(21)14-16-7-3-2-4-8-16)26-23(28)20-12-11-17-9-5-6-10-19(17)22(20)25;1-30-23(29)19-12-17(14-26(19)13-15-6-3-2-4-7-15)25-22(28)18-10-9-16-8-5-11-24-20(16)21(18)27;1-17-13(16)12-7-11(14)9-15(12)8-10-5-3-2-4-6-10;12-10-8-4-2-1-3-7(8)5-6-9(10)11(13)14;12-9-7(10(13)14)4-3-6-2-1-5-11-8(6)9/h5-6,9-12,16,18,21H,2-4,7-8,13-15,25H2,1H3,(H,26,28);5,8-11,15,17,19,27H,2-4,6-7,12-14H2,1H3,(H,25,28);10-12H,2-9,14H2,1H3;1-6H,12H2,(H,13,14);1-5,12H,(H,13,14)/t18-,21-;17-,19-;11-,12-;;/m000../s1. The summed E-state index contributed by atoms with van der Waals surface area (Å²) in [5, 5.41) is 48.9. The summed E-state index contributed by atoms with van der Waals surface area (Å²) in [6, 6.07) is 34.8. The molecule has 2 aromatic heterocycles. The molecule has 6 aliphatic rings. The van der Waals surface area contributed by atoms with Crippen molar-refractivity contribution < 1.29 is 68.2 Å². The van der Waals surface area contributed by atoms with Gasteiger partial charge in [0.25, 0.3) is 11.8 Å². The molecule has 3 aliphatic carbocycles. The Labute approximate surface area is 611 Å². The van der Waals surface area contributed by atoms with Crippen molar-refractivity contribution in [1.82, 2.24) is 35.3 Å². The van der Waals surface area contributed by atoms with Gasteiger partial charge in [0, 0.05) is 91.3 Å². The maximum Gasteiger partial charge on any atom is 0.339 e. The van der Waals surface area contributed by atoms with E-state index < -0.39 is 11.9 Å². The summed E-state index contributed by atoms with van der Waals surface area (Å²) in [5.74, 6) is -1.71. The van der Waals surface area contributed by atoms with E-state index in [1.54, 1.807) is 54.7 Å². The number of carbonyl (C=O) groups is 7. The van der Waals surface area contributed by atoms with Crippen molar-refractivity contribution in [3.8, 4) is 11.5 Å². The second-order valence-corrected chi connectivity index (χ2v) is 28.5. The monoisotopic (exact) mass is 1440 g/mol. The molecule has 0 spiro atoms. The van der Waals surface area contributed by atoms with Gasteiger partial charge in [-0.05, 0) is 123 Å². The number of aromatic nitrogens is 2. The van der Waals surface area contributed by atoms with Crippen molar-refractivity contribution in [3.63, 3.8) is 0 Å². The van der Waals surface area contributed by atoms with Crippen LogP contribution in [-0.4, -0.2) is 184 Å². The molecule has 6 fully saturated rings. The number of carboxylic acid groups (broad SMARTS) is 2. The molecule has 5 heterocycles. The molecule has 12 N–H and O–H groups in total. The van der Waals surface area contributed by atoms with E-state index in [4.69, 9.17) is 41.6 Å². The first-order valence-corrected chi connectivity index (χ1v) is 36.7. The first-order valence-electron chi connectivity index (χ1n) is 36.7. The largest absolute Gasteiger partial charge is 0.505 e. The molecule has 8 aromatic rings. The van der Waals surface area contributed by atoms with Crippen molar-refractivity contribution in [2.45, 2.75) is 152 Å². The Kier molecular flexibility index (Phi) is 27.4. The Morgan fingerprint density at radius 1 is 0.429 bits per heavy atom. The van der Waals surface area contributed by atoms with E-state index in [0.717, 1.165) is 70.8 Å². The van der Waals surface area contributed by atoms with Crippen LogP contribution in [0.3, 0.4) is 0 Å². The van der Waals surface area contributed by atoms with Gasteiger partial charge in [0.2, 0.25) is 0 Å². The smallest absolute Gasteiger partial charge is 0.339 e. The number of aromatic carboxylic acids is 2. The number of carbonyl (C=O) groups excluding carboxylic acids is 5. The van der Waals surface area contributed by atoms with Crippen LogP contribution in [0.4, 0.5) is 11.4 Å². The van der Waals surface area contributed by atoms with Crippen molar-refractivity contribution in [3.05, 3.63) is 156 Å². The summed E-state index contributed by atoms with van der Waals surface area (Å²) in [4.78, 5) is 98.4. The number of pyridine rings is 2. The van der Waals surface area contributed by atoms with Crippen LogP contribution in [-0.2, 0) is 28.6 Å². The number of hydrogen-bond acceptors (Lipinski definition) is 20. The summed E-state index contributed by atoms with van der Waals surface area (Å²) in [6.45, 7) is 4.88.